The number of Topliss-reactive ketones (excluding diaryl/α,β-unsaturated/α-hetero) is 1. The minimum absolute atomic E-state index is 0.119. The van der Waals surface area contributed by atoms with Crippen molar-refractivity contribution in [3.05, 3.63) is 106 Å². The van der Waals surface area contributed by atoms with Gasteiger partial charge >= 0.3 is 6.18 Å². The topological polar surface area (TPSA) is 70.5 Å². The first-order valence-corrected chi connectivity index (χ1v) is 10.5. The first kappa shape index (κ1) is 23.2. The molecule has 0 spiro atoms. The van der Waals surface area contributed by atoms with E-state index in [1.165, 1.54) is 29.4 Å². The fraction of sp³-hybridized carbons (Fsp3) is 0.192. The third-order valence-corrected chi connectivity index (χ3v) is 5.95. The van der Waals surface area contributed by atoms with Gasteiger partial charge in [-0.2, -0.15) is 13.2 Å². The number of amides is 1. The van der Waals surface area contributed by atoms with E-state index in [0.29, 0.717) is 11.1 Å². The van der Waals surface area contributed by atoms with Gasteiger partial charge in [-0.05, 0) is 66.4 Å². The standard InChI is InChI=1S/C26H21F3N2O3/c1-15-6-7-19(12-16(15)2)23(32)21-22(18-8-10-30-11-9-18)31(25(34)24(21)33)14-17-4-3-5-20(13-17)26(27,28)29/h3-13,22,32H,14H2,1-2H3/b23-21+. The molecule has 8 heteroatoms. The van der Waals surface area contributed by atoms with E-state index >= 15 is 0 Å². The van der Waals surface area contributed by atoms with Crippen molar-refractivity contribution in [2.24, 2.45) is 0 Å². The summed E-state index contributed by atoms with van der Waals surface area (Å²) in [7, 11) is 0. The molecular formula is C26H21F3N2O3. The maximum absolute atomic E-state index is 13.2. The quantitative estimate of drug-likeness (QED) is 0.320. The molecule has 5 nitrogen and oxygen atoms in total. The molecule has 0 saturated carbocycles. The number of carbonyl (C=O) groups is 2. The highest BCUT2D eigenvalue weighted by molar-refractivity contribution is 6.46. The second-order valence-corrected chi connectivity index (χ2v) is 8.20. The van der Waals surface area contributed by atoms with Gasteiger partial charge in [0.15, 0.2) is 0 Å². The molecule has 0 bridgehead atoms. The Morgan fingerprint density at radius 1 is 1.00 bits per heavy atom. The molecule has 0 aliphatic carbocycles. The lowest BCUT2D eigenvalue weighted by Gasteiger charge is -2.25. The van der Waals surface area contributed by atoms with E-state index in [2.05, 4.69) is 4.98 Å². The van der Waals surface area contributed by atoms with Gasteiger partial charge in [-0.25, -0.2) is 0 Å². The Labute approximate surface area is 194 Å². The van der Waals surface area contributed by atoms with Crippen LogP contribution in [0.3, 0.4) is 0 Å². The normalized spacial score (nSPS) is 17.9. The molecule has 1 aliphatic heterocycles. The van der Waals surface area contributed by atoms with E-state index in [-0.39, 0.29) is 23.4 Å². The summed E-state index contributed by atoms with van der Waals surface area (Å²) in [5.74, 6) is -2.14. The Morgan fingerprint density at radius 3 is 2.35 bits per heavy atom. The molecule has 2 aromatic carbocycles. The van der Waals surface area contributed by atoms with Crippen LogP contribution in [0, 0.1) is 13.8 Å². The summed E-state index contributed by atoms with van der Waals surface area (Å²) in [6.45, 7) is 3.52. The summed E-state index contributed by atoms with van der Waals surface area (Å²) in [4.78, 5) is 31.3. The summed E-state index contributed by atoms with van der Waals surface area (Å²) in [6, 6.07) is 12.0. The summed E-state index contributed by atoms with van der Waals surface area (Å²) in [5, 5.41) is 11.1. The molecule has 1 saturated heterocycles. The zero-order valence-corrected chi connectivity index (χ0v) is 18.4. The molecule has 4 rings (SSSR count). The summed E-state index contributed by atoms with van der Waals surface area (Å²) >= 11 is 0. The lowest BCUT2D eigenvalue weighted by Crippen LogP contribution is -2.29. The monoisotopic (exact) mass is 466 g/mol. The Balaban J connectivity index is 1.83. The predicted molar refractivity (Wildman–Crippen MR) is 119 cm³/mol. The highest BCUT2D eigenvalue weighted by atomic mass is 19.4. The van der Waals surface area contributed by atoms with Gasteiger partial charge in [-0.15, -0.1) is 0 Å². The van der Waals surface area contributed by atoms with Gasteiger partial charge in [0.05, 0.1) is 17.2 Å². The number of carbonyl (C=O) groups excluding carboxylic acids is 2. The number of aliphatic hydroxyl groups excluding tert-OH is 1. The van der Waals surface area contributed by atoms with Crippen molar-refractivity contribution < 1.29 is 27.9 Å². The second kappa shape index (κ2) is 8.78. The SMILES string of the molecule is Cc1ccc(/C(O)=C2\C(=O)C(=O)N(Cc3cccc(C(F)(F)F)c3)C2c2ccncc2)cc1C. The number of ketones is 1. The first-order valence-electron chi connectivity index (χ1n) is 10.5. The molecule has 1 unspecified atom stereocenters. The van der Waals surface area contributed by atoms with Crippen LogP contribution < -0.4 is 0 Å². The Hall–Kier alpha value is -3.94. The van der Waals surface area contributed by atoms with Gasteiger partial charge in [-0.1, -0.05) is 24.3 Å². The highest BCUT2D eigenvalue weighted by Crippen LogP contribution is 2.40. The molecule has 3 aromatic rings. The Morgan fingerprint density at radius 2 is 1.71 bits per heavy atom. The summed E-state index contributed by atoms with van der Waals surface area (Å²) in [6.07, 6.45) is -1.58. The number of benzene rings is 2. The van der Waals surface area contributed by atoms with Crippen molar-refractivity contribution in [3.8, 4) is 0 Å². The zero-order valence-electron chi connectivity index (χ0n) is 18.4. The van der Waals surface area contributed by atoms with E-state index in [9.17, 15) is 27.9 Å². The fourth-order valence-corrected chi connectivity index (χ4v) is 4.02. The van der Waals surface area contributed by atoms with Crippen molar-refractivity contribution in [1.29, 1.82) is 0 Å². The third-order valence-electron chi connectivity index (χ3n) is 5.95. The van der Waals surface area contributed by atoms with Crippen molar-refractivity contribution >= 4 is 17.4 Å². The molecule has 34 heavy (non-hydrogen) atoms. The number of aryl methyl sites for hydroxylation is 2. The Kier molecular flexibility index (Phi) is 6.00. The van der Waals surface area contributed by atoms with E-state index in [4.69, 9.17) is 0 Å². The van der Waals surface area contributed by atoms with Crippen LogP contribution in [0.4, 0.5) is 13.2 Å². The maximum atomic E-state index is 13.2. The largest absolute Gasteiger partial charge is 0.507 e. The van der Waals surface area contributed by atoms with E-state index in [0.717, 1.165) is 23.3 Å². The van der Waals surface area contributed by atoms with Crippen molar-refractivity contribution in [1.82, 2.24) is 9.88 Å². The average molecular weight is 466 g/mol. The van der Waals surface area contributed by atoms with Crippen LogP contribution in [0.25, 0.3) is 5.76 Å². The molecule has 1 amide bonds. The second-order valence-electron chi connectivity index (χ2n) is 8.20. The summed E-state index contributed by atoms with van der Waals surface area (Å²) < 4.78 is 39.6. The van der Waals surface area contributed by atoms with Crippen LogP contribution in [0.5, 0.6) is 0 Å². The number of likely N-dealkylation sites (tertiary alicyclic amines) is 1. The number of aliphatic hydroxyl groups is 1. The minimum atomic E-state index is -4.54. The predicted octanol–water partition coefficient (Wildman–Crippen LogP) is 5.34. The van der Waals surface area contributed by atoms with Crippen molar-refractivity contribution in [2.45, 2.75) is 32.6 Å². The van der Waals surface area contributed by atoms with E-state index < -0.39 is 29.5 Å². The number of alkyl halides is 3. The van der Waals surface area contributed by atoms with Gasteiger partial charge in [0.1, 0.15) is 5.76 Å². The van der Waals surface area contributed by atoms with Gasteiger partial charge in [0.2, 0.25) is 0 Å². The van der Waals surface area contributed by atoms with Crippen LogP contribution in [0.2, 0.25) is 0 Å². The third kappa shape index (κ3) is 4.31. The molecule has 1 fully saturated rings. The molecule has 1 atom stereocenters. The molecule has 1 aliphatic rings. The van der Waals surface area contributed by atoms with Crippen LogP contribution in [-0.2, 0) is 22.3 Å². The van der Waals surface area contributed by atoms with E-state index in [1.54, 1.807) is 30.3 Å². The number of halogens is 3. The van der Waals surface area contributed by atoms with Crippen LogP contribution >= 0.6 is 0 Å². The van der Waals surface area contributed by atoms with Crippen molar-refractivity contribution in [3.63, 3.8) is 0 Å². The number of hydrogen-bond acceptors (Lipinski definition) is 4. The number of aromatic nitrogens is 1. The number of hydrogen-bond donors (Lipinski definition) is 1. The fourth-order valence-electron chi connectivity index (χ4n) is 4.02. The van der Waals surface area contributed by atoms with Gasteiger partial charge in [0.25, 0.3) is 11.7 Å². The van der Waals surface area contributed by atoms with Gasteiger partial charge < -0.3 is 10.0 Å². The number of rotatable bonds is 4. The Bertz CT molecular complexity index is 1300. The van der Waals surface area contributed by atoms with Crippen LogP contribution in [0.15, 0.2) is 72.6 Å². The van der Waals surface area contributed by atoms with Crippen LogP contribution in [-0.4, -0.2) is 26.7 Å². The summed E-state index contributed by atoms with van der Waals surface area (Å²) in [5.41, 5.74) is 2.01. The van der Waals surface area contributed by atoms with Crippen LogP contribution in [0.1, 0.15) is 39.4 Å². The molecule has 174 valence electrons. The lowest BCUT2D eigenvalue weighted by molar-refractivity contribution is -0.140. The molecule has 2 heterocycles. The number of pyridine rings is 1. The highest BCUT2D eigenvalue weighted by Gasteiger charge is 2.46. The van der Waals surface area contributed by atoms with Gasteiger partial charge in [0, 0.05) is 24.5 Å². The minimum Gasteiger partial charge on any atom is -0.507 e. The number of nitrogens with zero attached hydrogens (tertiary/aromatic N) is 2. The molecule has 0 radical (unpaired) electrons. The average Bonchev–Trinajstić information content (AvgIpc) is 3.05. The first-order chi connectivity index (χ1) is 16.1. The molecular weight excluding hydrogens is 445 g/mol. The van der Waals surface area contributed by atoms with E-state index in [1.807, 2.05) is 13.8 Å². The maximum Gasteiger partial charge on any atom is 0.416 e. The van der Waals surface area contributed by atoms with Crippen molar-refractivity contribution in [2.75, 3.05) is 0 Å². The zero-order chi connectivity index (χ0) is 24.6. The van der Waals surface area contributed by atoms with Gasteiger partial charge in [-0.3, -0.25) is 14.6 Å². The molecule has 1 N–H and O–H groups in total. The lowest BCUT2D eigenvalue weighted by atomic mass is 9.94. The molecule has 1 aromatic heterocycles. The smallest absolute Gasteiger partial charge is 0.416 e.